The van der Waals surface area contributed by atoms with Gasteiger partial charge < -0.3 is 9.47 Å². The van der Waals surface area contributed by atoms with Crippen molar-refractivity contribution in [2.45, 2.75) is 57.8 Å². The van der Waals surface area contributed by atoms with E-state index in [0.717, 1.165) is 40.4 Å². The maximum absolute atomic E-state index is 12.9. The van der Waals surface area contributed by atoms with Crippen LogP contribution in [0.4, 0.5) is 0 Å². The monoisotopic (exact) mass is 580 g/mol. The number of hydrogen-bond acceptors (Lipinski definition) is 8. The topological polar surface area (TPSA) is 106 Å². The van der Waals surface area contributed by atoms with Crippen molar-refractivity contribution in [3.8, 4) is 28.5 Å². The van der Waals surface area contributed by atoms with Crippen LogP contribution in [0.25, 0.3) is 22.4 Å². The van der Waals surface area contributed by atoms with Gasteiger partial charge in [-0.05, 0) is 38.8 Å². The van der Waals surface area contributed by atoms with Crippen LogP contribution in [0.1, 0.15) is 44.7 Å². The zero-order chi connectivity index (χ0) is 29.1. The summed E-state index contributed by atoms with van der Waals surface area (Å²) in [6.07, 6.45) is 0.244. The van der Waals surface area contributed by atoms with Gasteiger partial charge in [-0.2, -0.15) is 5.26 Å². The number of ether oxygens (including phenoxy) is 2. The molecule has 1 aromatic heterocycles. The first-order chi connectivity index (χ1) is 19.1. The number of aryl methyl sites for hydroxylation is 1. The molecular weight excluding hydrogens is 544 g/mol. The summed E-state index contributed by atoms with van der Waals surface area (Å²) in [5.74, 6) is -0.989. The number of rotatable bonds is 14. The van der Waals surface area contributed by atoms with E-state index in [1.807, 2.05) is 88.4 Å². The average molecular weight is 581 g/mol. The van der Waals surface area contributed by atoms with E-state index in [9.17, 15) is 18.5 Å². The number of unbranched alkanes of at least 4 members (excludes halogenated alkanes) is 1. The van der Waals surface area contributed by atoms with Crippen molar-refractivity contribution >= 4 is 27.6 Å². The second-order valence-corrected chi connectivity index (χ2v) is 13.0. The number of esters is 1. The predicted octanol–water partition coefficient (Wildman–Crippen LogP) is 6.24. The number of pyridine rings is 1. The van der Waals surface area contributed by atoms with Crippen LogP contribution in [0.3, 0.4) is 0 Å². The molecule has 3 rings (SSSR count). The third kappa shape index (κ3) is 9.47. The average Bonchev–Trinajstić information content (AvgIpc) is 2.94. The van der Waals surface area contributed by atoms with E-state index in [1.165, 1.54) is 0 Å². The van der Waals surface area contributed by atoms with Crippen LogP contribution in [-0.4, -0.2) is 55.4 Å². The normalized spacial score (nSPS) is 12.2. The largest absolute Gasteiger partial charge is 0.458 e. The van der Waals surface area contributed by atoms with Crippen LogP contribution in [0.2, 0.25) is 0 Å². The molecule has 1 atom stereocenters. The van der Waals surface area contributed by atoms with E-state index in [2.05, 4.69) is 6.07 Å². The van der Waals surface area contributed by atoms with Gasteiger partial charge in [0.25, 0.3) is 0 Å². The zero-order valence-electron chi connectivity index (χ0n) is 23.4. The van der Waals surface area contributed by atoms with E-state index in [1.54, 1.807) is 0 Å². The summed E-state index contributed by atoms with van der Waals surface area (Å²) in [6, 6.07) is 21.7. The van der Waals surface area contributed by atoms with Gasteiger partial charge >= 0.3 is 5.97 Å². The fourth-order valence-electron chi connectivity index (χ4n) is 3.95. The number of nitrogens with zero attached hydrogens (tertiary/aromatic N) is 2. The van der Waals surface area contributed by atoms with Gasteiger partial charge in [0.05, 0.1) is 41.2 Å². The molecule has 9 heteroatoms. The summed E-state index contributed by atoms with van der Waals surface area (Å²) < 4.78 is 36.3. The number of carbonyl (C=O) groups excluding carboxylic acids is 1. The molecule has 212 valence electrons. The molecule has 0 amide bonds. The smallest absolute Gasteiger partial charge is 0.316 e. The molecule has 40 heavy (non-hydrogen) atoms. The van der Waals surface area contributed by atoms with Gasteiger partial charge in [-0.1, -0.05) is 85.3 Å². The SMILES string of the molecule is CCCCS(=O)(=O)CC(COC(C)C)OC(=O)CSc1nc(-c2ccc(C)cc2)cc(-c2ccccc2)c1C#N. The molecule has 0 bridgehead atoms. The Hall–Kier alpha value is -3.19. The minimum atomic E-state index is -3.41. The molecular formula is C31H36N2O5S2. The van der Waals surface area contributed by atoms with Gasteiger partial charge in [0.1, 0.15) is 17.2 Å². The molecule has 0 aliphatic rings. The standard InChI is InChI=1S/C31H36N2O5S2/c1-5-6-16-40(35,36)21-26(19-37-22(2)3)38-30(34)20-39-31-28(18-32)27(24-10-8-7-9-11-24)17-29(33-31)25-14-12-23(4)13-15-25/h7-15,17,22,26H,5-6,16,19-21H2,1-4H3. The van der Waals surface area contributed by atoms with Gasteiger partial charge in [0.2, 0.25) is 0 Å². The molecule has 2 aromatic carbocycles. The number of aromatic nitrogens is 1. The lowest BCUT2D eigenvalue weighted by Gasteiger charge is -2.19. The Kier molecular flexibility index (Phi) is 11.7. The molecule has 0 radical (unpaired) electrons. The first kappa shape index (κ1) is 31.3. The van der Waals surface area contributed by atoms with Gasteiger partial charge in [0, 0.05) is 11.1 Å². The van der Waals surface area contributed by atoms with E-state index in [0.29, 0.717) is 22.7 Å². The summed E-state index contributed by atoms with van der Waals surface area (Å²) >= 11 is 1.10. The number of carbonyl (C=O) groups is 1. The Morgan fingerprint density at radius 1 is 1.07 bits per heavy atom. The molecule has 1 unspecified atom stereocenters. The van der Waals surface area contributed by atoms with E-state index >= 15 is 0 Å². The molecule has 0 spiro atoms. The van der Waals surface area contributed by atoms with Crippen LogP contribution < -0.4 is 0 Å². The van der Waals surface area contributed by atoms with Gasteiger partial charge in [-0.15, -0.1) is 0 Å². The molecule has 0 saturated carbocycles. The minimum Gasteiger partial charge on any atom is -0.458 e. The quantitative estimate of drug-likeness (QED) is 0.163. The van der Waals surface area contributed by atoms with Crippen molar-refractivity contribution < 1.29 is 22.7 Å². The summed E-state index contributed by atoms with van der Waals surface area (Å²) in [5.41, 5.74) is 4.63. The van der Waals surface area contributed by atoms with Gasteiger partial charge in [-0.25, -0.2) is 13.4 Å². The van der Waals surface area contributed by atoms with Crippen LogP contribution in [0.5, 0.6) is 0 Å². The minimum absolute atomic E-state index is 0.0117. The lowest BCUT2D eigenvalue weighted by molar-refractivity contribution is -0.148. The first-order valence-electron chi connectivity index (χ1n) is 13.3. The van der Waals surface area contributed by atoms with E-state index < -0.39 is 21.9 Å². The van der Waals surface area contributed by atoms with Crippen molar-refractivity contribution in [3.05, 3.63) is 71.8 Å². The molecule has 7 nitrogen and oxygen atoms in total. The van der Waals surface area contributed by atoms with Crippen LogP contribution in [0.15, 0.2) is 65.7 Å². The Balaban J connectivity index is 1.86. The third-order valence-electron chi connectivity index (χ3n) is 6.02. The Morgan fingerprint density at radius 2 is 1.77 bits per heavy atom. The van der Waals surface area contributed by atoms with Gasteiger partial charge in [-0.3, -0.25) is 4.79 Å². The highest BCUT2D eigenvalue weighted by molar-refractivity contribution is 8.00. The lowest BCUT2D eigenvalue weighted by atomic mass is 9.99. The van der Waals surface area contributed by atoms with E-state index in [-0.39, 0.29) is 30.0 Å². The molecule has 1 heterocycles. The highest BCUT2D eigenvalue weighted by atomic mass is 32.2. The highest BCUT2D eigenvalue weighted by Gasteiger charge is 2.24. The molecule has 0 aliphatic carbocycles. The first-order valence-corrected chi connectivity index (χ1v) is 16.1. The maximum atomic E-state index is 12.9. The second kappa shape index (κ2) is 15.0. The molecule has 0 fully saturated rings. The number of thioether (sulfide) groups is 1. The Bertz CT molecular complexity index is 1420. The third-order valence-corrected chi connectivity index (χ3v) is 8.76. The van der Waals surface area contributed by atoms with Crippen LogP contribution in [-0.2, 0) is 24.1 Å². The summed E-state index contributed by atoms with van der Waals surface area (Å²) in [5, 5.41) is 10.5. The number of nitriles is 1. The van der Waals surface area contributed by atoms with Gasteiger partial charge in [0.15, 0.2) is 9.84 Å². The van der Waals surface area contributed by atoms with Crippen molar-refractivity contribution in [1.82, 2.24) is 4.98 Å². The van der Waals surface area contributed by atoms with Crippen LogP contribution >= 0.6 is 11.8 Å². The van der Waals surface area contributed by atoms with Crippen molar-refractivity contribution in [2.24, 2.45) is 0 Å². The van der Waals surface area contributed by atoms with Crippen molar-refractivity contribution in [3.63, 3.8) is 0 Å². The summed E-state index contributed by atoms with van der Waals surface area (Å²) in [4.78, 5) is 17.7. The molecule has 0 aliphatic heterocycles. The number of benzene rings is 2. The number of sulfone groups is 1. The number of hydrogen-bond donors (Lipinski definition) is 0. The molecule has 0 saturated heterocycles. The summed E-state index contributed by atoms with van der Waals surface area (Å²) in [7, 11) is -3.41. The fraction of sp³-hybridized carbons (Fsp3) is 0.387. The predicted molar refractivity (Wildman–Crippen MR) is 160 cm³/mol. The Morgan fingerprint density at radius 3 is 2.40 bits per heavy atom. The van der Waals surface area contributed by atoms with E-state index in [4.69, 9.17) is 14.5 Å². The maximum Gasteiger partial charge on any atom is 0.316 e. The Labute approximate surface area is 241 Å². The lowest BCUT2D eigenvalue weighted by Crippen LogP contribution is -2.33. The zero-order valence-corrected chi connectivity index (χ0v) is 25.1. The second-order valence-electron chi connectivity index (χ2n) is 9.83. The fourth-order valence-corrected chi connectivity index (χ4v) is 6.36. The van der Waals surface area contributed by atoms with Crippen LogP contribution in [0, 0.1) is 18.3 Å². The molecule has 0 N–H and O–H groups in total. The van der Waals surface area contributed by atoms with Crippen molar-refractivity contribution in [2.75, 3.05) is 23.9 Å². The summed E-state index contributed by atoms with van der Waals surface area (Å²) in [6.45, 7) is 7.59. The highest BCUT2D eigenvalue weighted by Crippen LogP contribution is 2.34. The van der Waals surface area contributed by atoms with Crippen molar-refractivity contribution in [1.29, 1.82) is 5.26 Å². The molecule has 3 aromatic rings.